The molecule has 0 aromatic rings. The van der Waals surface area contributed by atoms with Crippen molar-refractivity contribution in [2.75, 3.05) is 0 Å². The van der Waals surface area contributed by atoms with Crippen LogP contribution in [0.4, 0.5) is 0 Å². The van der Waals surface area contributed by atoms with Crippen molar-refractivity contribution >= 4 is 25.6 Å². The van der Waals surface area contributed by atoms with E-state index in [1.165, 1.54) is 6.92 Å². The molecule has 13 heavy (non-hydrogen) atoms. The Morgan fingerprint density at radius 3 is 2.38 bits per heavy atom. The predicted molar refractivity (Wildman–Crippen MR) is 51.9 cm³/mol. The molecular formula is C7H14ClNO3S. The van der Waals surface area contributed by atoms with E-state index in [2.05, 4.69) is 5.32 Å². The van der Waals surface area contributed by atoms with Gasteiger partial charge in [-0.05, 0) is 6.42 Å². The van der Waals surface area contributed by atoms with Crippen molar-refractivity contribution in [1.82, 2.24) is 5.32 Å². The zero-order chi connectivity index (χ0) is 10.5. The fourth-order valence-corrected chi connectivity index (χ4v) is 2.06. The second kappa shape index (κ2) is 5.44. The van der Waals surface area contributed by atoms with E-state index in [1.54, 1.807) is 0 Å². The number of halogens is 1. The molecule has 6 heteroatoms. The van der Waals surface area contributed by atoms with E-state index in [1.807, 2.05) is 6.92 Å². The fourth-order valence-electron chi connectivity index (χ4n) is 0.900. The Hall–Kier alpha value is -0.290. The molecule has 0 aromatic heterocycles. The van der Waals surface area contributed by atoms with Gasteiger partial charge in [0.25, 0.3) is 9.05 Å². The Bertz CT molecular complexity index is 263. The third-order valence-corrected chi connectivity index (χ3v) is 3.20. The maximum absolute atomic E-state index is 10.9. The van der Waals surface area contributed by atoms with E-state index in [9.17, 15) is 13.2 Å². The first-order valence-electron chi connectivity index (χ1n) is 4.08. The van der Waals surface area contributed by atoms with Crippen molar-refractivity contribution in [2.24, 2.45) is 0 Å². The molecule has 0 aliphatic rings. The summed E-state index contributed by atoms with van der Waals surface area (Å²) < 4.78 is 21.8. The highest BCUT2D eigenvalue weighted by Crippen LogP contribution is 2.11. The molecule has 4 nitrogen and oxygen atoms in total. The molecule has 0 saturated carbocycles. The van der Waals surface area contributed by atoms with Gasteiger partial charge in [-0.3, -0.25) is 4.79 Å². The minimum Gasteiger partial charge on any atom is -0.339 e. The van der Waals surface area contributed by atoms with Crippen LogP contribution in [-0.4, -0.2) is 19.7 Å². The van der Waals surface area contributed by atoms with Crippen molar-refractivity contribution in [3.05, 3.63) is 0 Å². The van der Waals surface area contributed by atoms with Gasteiger partial charge in [0.1, 0.15) is 5.37 Å². The minimum atomic E-state index is -3.69. The lowest BCUT2D eigenvalue weighted by molar-refractivity contribution is -0.119. The summed E-state index contributed by atoms with van der Waals surface area (Å²) in [6.07, 6.45) is 1.95. The topological polar surface area (TPSA) is 63.2 Å². The number of carbonyl (C=O) groups is 1. The van der Waals surface area contributed by atoms with Gasteiger partial charge >= 0.3 is 0 Å². The summed E-state index contributed by atoms with van der Waals surface area (Å²) in [5.41, 5.74) is 0. The summed E-state index contributed by atoms with van der Waals surface area (Å²) in [6.45, 7) is 3.20. The van der Waals surface area contributed by atoms with Gasteiger partial charge in [0.05, 0.1) is 0 Å². The summed E-state index contributed by atoms with van der Waals surface area (Å²) in [7, 11) is 1.44. The van der Waals surface area contributed by atoms with Crippen LogP contribution in [0.5, 0.6) is 0 Å². The largest absolute Gasteiger partial charge is 0.339 e. The number of rotatable bonds is 5. The van der Waals surface area contributed by atoms with Crippen LogP contribution in [0.1, 0.15) is 33.1 Å². The molecule has 0 aliphatic carbocycles. The fraction of sp³-hybridized carbons (Fsp3) is 0.857. The second-order valence-corrected chi connectivity index (χ2v) is 5.62. The lowest BCUT2D eigenvalue weighted by atomic mass is 10.2. The number of nitrogens with one attached hydrogen (secondary N) is 1. The van der Waals surface area contributed by atoms with Gasteiger partial charge in [-0.1, -0.05) is 19.8 Å². The van der Waals surface area contributed by atoms with Gasteiger partial charge in [0.15, 0.2) is 0 Å². The number of hydrogen-bond donors (Lipinski definition) is 1. The molecule has 0 fully saturated rings. The first-order valence-corrected chi connectivity index (χ1v) is 6.45. The van der Waals surface area contributed by atoms with Crippen LogP contribution in [0.25, 0.3) is 0 Å². The highest BCUT2D eigenvalue weighted by Gasteiger charge is 2.22. The first kappa shape index (κ1) is 12.7. The van der Waals surface area contributed by atoms with Crippen LogP contribution in [0.2, 0.25) is 0 Å². The molecule has 0 aliphatic heterocycles. The summed E-state index contributed by atoms with van der Waals surface area (Å²) in [6, 6.07) is 0. The minimum absolute atomic E-state index is 0.363. The standard InChI is InChI=1S/C7H14ClNO3S/c1-3-4-5-7(9-6(2)10)13(8,11)12/h7H,3-5H2,1-2H3,(H,9,10). The summed E-state index contributed by atoms with van der Waals surface area (Å²) in [4.78, 5) is 10.6. The van der Waals surface area contributed by atoms with Gasteiger partial charge in [0, 0.05) is 17.6 Å². The van der Waals surface area contributed by atoms with Crippen LogP contribution in [0, 0.1) is 0 Å². The normalized spacial score (nSPS) is 13.8. The second-order valence-electron chi connectivity index (χ2n) is 2.81. The van der Waals surface area contributed by atoms with Crippen LogP contribution in [-0.2, 0) is 13.8 Å². The molecule has 1 atom stereocenters. The van der Waals surface area contributed by atoms with Crippen molar-refractivity contribution < 1.29 is 13.2 Å². The van der Waals surface area contributed by atoms with Gasteiger partial charge in [-0.15, -0.1) is 0 Å². The Balaban J connectivity index is 4.29. The van der Waals surface area contributed by atoms with Crippen molar-refractivity contribution in [1.29, 1.82) is 0 Å². The number of carbonyl (C=O) groups excluding carboxylic acids is 1. The molecular weight excluding hydrogens is 214 g/mol. The molecule has 0 spiro atoms. The zero-order valence-electron chi connectivity index (χ0n) is 7.71. The van der Waals surface area contributed by atoms with Gasteiger partial charge in [-0.25, -0.2) is 8.42 Å². The maximum Gasteiger partial charge on any atom is 0.253 e. The smallest absolute Gasteiger partial charge is 0.253 e. The summed E-state index contributed by atoms with van der Waals surface area (Å²) in [5.74, 6) is -0.384. The molecule has 0 aromatic carbocycles. The lowest BCUT2D eigenvalue weighted by Crippen LogP contribution is -2.37. The molecule has 1 unspecified atom stereocenters. The molecule has 0 heterocycles. The Kier molecular flexibility index (Phi) is 5.32. The first-order chi connectivity index (χ1) is 5.88. The average molecular weight is 228 g/mol. The molecule has 1 amide bonds. The number of hydrogen-bond acceptors (Lipinski definition) is 3. The molecule has 0 rings (SSSR count). The zero-order valence-corrected chi connectivity index (χ0v) is 9.28. The third kappa shape index (κ3) is 5.87. The van der Waals surface area contributed by atoms with Crippen molar-refractivity contribution in [2.45, 2.75) is 38.5 Å². The Morgan fingerprint density at radius 1 is 1.54 bits per heavy atom. The maximum atomic E-state index is 10.9. The highest BCUT2D eigenvalue weighted by molar-refractivity contribution is 8.14. The van der Waals surface area contributed by atoms with E-state index in [4.69, 9.17) is 10.7 Å². The van der Waals surface area contributed by atoms with Crippen LogP contribution in [0.15, 0.2) is 0 Å². The average Bonchev–Trinajstić information content (AvgIpc) is 1.95. The van der Waals surface area contributed by atoms with Gasteiger partial charge in [0.2, 0.25) is 5.91 Å². The van der Waals surface area contributed by atoms with E-state index in [-0.39, 0.29) is 5.91 Å². The summed E-state index contributed by atoms with van der Waals surface area (Å²) in [5, 5.41) is 1.34. The van der Waals surface area contributed by atoms with Crippen molar-refractivity contribution in [3.8, 4) is 0 Å². The van der Waals surface area contributed by atoms with Gasteiger partial charge < -0.3 is 5.32 Å². The van der Waals surface area contributed by atoms with Crippen LogP contribution < -0.4 is 5.32 Å². The predicted octanol–water partition coefficient (Wildman–Crippen LogP) is 1.21. The Labute approximate surface area is 83.1 Å². The molecule has 0 saturated heterocycles. The quantitative estimate of drug-likeness (QED) is 0.718. The van der Waals surface area contributed by atoms with E-state index < -0.39 is 14.4 Å². The lowest BCUT2D eigenvalue weighted by Gasteiger charge is -2.13. The van der Waals surface area contributed by atoms with E-state index in [0.29, 0.717) is 6.42 Å². The Morgan fingerprint density at radius 2 is 2.08 bits per heavy atom. The summed E-state index contributed by atoms with van der Waals surface area (Å²) >= 11 is 0. The van der Waals surface area contributed by atoms with Crippen molar-refractivity contribution in [3.63, 3.8) is 0 Å². The molecule has 78 valence electrons. The van der Waals surface area contributed by atoms with E-state index in [0.717, 1.165) is 12.8 Å². The third-order valence-electron chi connectivity index (χ3n) is 1.52. The van der Waals surface area contributed by atoms with Crippen LogP contribution in [0.3, 0.4) is 0 Å². The monoisotopic (exact) mass is 227 g/mol. The SMILES string of the molecule is CCCCC(NC(C)=O)S(=O)(=O)Cl. The highest BCUT2D eigenvalue weighted by atomic mass is 35.7. The molecule has 1 N–H and O–H groups in total. The number of amides is 1. The van der Waals surface area contributed by atoms with E-state index >= 15 is 0 Å². The number of unbranched alkanes of at least 4 members (excludes halogenated alkanes) is 1. The van der Waals surface area contributed by atoms with Gasteiger partial charge in [-0.2, -0.15) is 0 Å². The van der Waals surface area contributed by atoms with Crippen LogP contribution >= 0.6 is 10.7 Å². The molecule has 0 bridgehead atoms. The molecule has 0 radical (unpaired) electrons.